The molecular formula is C20H21N5OS. The zero-order valence-electron chi connectivity index (χ0n) is 15.1. The number of anilines is 2. The highest BCUT2D eigenvalue weighted by Gasteiger charge is 2.26. The number of nitrogen functional groups attached to an aromatic ring is 1. The van der Waals surface area contributed by atoms with Crippen molar-refractivity contribution in [3.63, 3.8) is 0 Å². The summed E-state index contributed by atoms with van der Waals surface area (Å²) in [6, 6.07) is 14.1. The molecule has 3 heterocycles. The Kier molecular flexibility index (Phi) is 4.87. The van der Waals surface area contributed by atoms with Crippen molar-refractivity contribution >= 4 is 28.1 Å². The normalized spacial score (nSPS) is 17.1. The van der Waals surface area contributed by atoms with E-state index in [1.807, 2.05) is 13.0 Å². The standard InChI is InChI=1S/C20H21N5OS/c1-13-17(18(26)15-8-5-9-23-19(15)21)24-20(27-13)25-11-10-22-16(12-25)14-6-3-2-4-7-14/h2-9,16,22H,10-12H2,1H3,(H2,21,23). The van der Waals surface area contributed by atoms with Crippen LogP contribution in [0.15, 0.2) is 48.7 Å². The van der Waals surface area contributed by atoms with Crippen molar-refractivity contribution in [1.82, 2.24) is 15.3 Å². The predicted octanol–water partition coefficient (Wildman–Crippen LogP) is 2.81. The number of ketones is 1. The minimum atomic E-state index is -0.171. The molecule has 2 aromatic heterocycles. The lowest BCUT2D eigenvalue weighted by atomic mass is 10.1. The molecule has 3 aromatic rings. The van der Waals surface area contributed by atoms with Crippen LogP contribution >= 0.6 is 11.3 Å². The van der Waals surface area contributed by atoms with Crippen molar-refractivity contribution in [2.75, 3.05) is 30.3 Å². The second-order valence-corrected chi connectivity index (χ2v) is 7.71. The molecule has 3 N–H and O–H groups in total. The summed E-state index contributed by atoms with van der Waals surface area (Å²) >= 11 is 1.55. The van der Waals surface area contributed by atoms with E-state index in [4.69, 9.17) is 5.73 Å². The Bertz CT molecular complexity index is 956. The Balaban J connectivity index is 1.58. The zero-order valence-corrected chi connectivity index (χ0v) is 15.9. The third kappa shape index (κ3) is 3.56. The van der Waals surface area contributed by atoms with E-state index in [2.05, 4.69) is 44.5 Å². The Hall–Kier alpha value is -2.77. The molecule has 1 aliphatic heterocycles. The molecule has 0 radical (unpaired) electrons. The van der Waals surface area contributed by atoms with Crippen molar-refractivity contribution in [3.8, 4) is 0 Å². The van der Waals surface area contributed by atoms with E-state index in [9.17, 15) is 4.79 Å². The predicted molar refractivity (Wildman–Crippen MR) is 108 cm³/mol. The molecule has 7 heteroatoms. The van der Waals surface area contributed by atoms with E-state index in [1.165, 1.54) is 5.56 Å². The first-order valence-corrected chi connectivity index (χ1v) is 9.71. The minimum Gasteiger partial charge on any atom is -0.383 e. The fourth-order valence-corrected chi connectivity index (χ4v) is 4.24. The van der Waals surface area contributed by atoms with Gasteiger partial charge in [-0.15, -0.1) is 11.3 Å². The second-order valence-electron chi connectivity index (χ2n) is 6.53. The number of piperazine rings is 1. The van der Waals surface area contributed by atoms with Crippen LogP contribution in [0.4, 0.5) is 10.9 Å². The van der Waals surface area contributed by atoms with Gasteiger partial charge in [0.15, 0.2) is 5.13 Å². The summed E-state index contributed by atoms with van der Waals surface area (Å²) in [6.45, 7) is 4.48. The largest absolute Gasteiger partial charge is 0.383 e. The fourth-order valence-electron chi connectivity index (χ4n) is 3.30. The monoisotopic (exact) mass is 379 g/mol. The summed E-state index contributed by atoms with van der Waals surface area (Å²) in [5, 5.41) is 4.43. The lowest BCUT2D eigenvalue weighted by molar-refractivity contribution is 0.103. The van der Waals surface area contributed by atoms with E-state index in [0.717, 1.165) is 29.6 Å². The van der Waals surface area contributed by atoms with Gasteiger partial charge >= 0.3 is 0 Å². The van der Waals surface area contributed by atoms with Gasteiger partial charge in [0.1, 0.15) is 11.5 Å². The number of carbonyl (C=O) groups excluding carboxylic acids is 1. The molecule has 1 aliphatic rings. The number of nitrogens with zero attached hydrogens (tertiary/aromatic N) is 3. The third-order valence-corrected chi connectivity index (χ3v) is 5.76. The van der Waals surface area contributed by atoms with Crippen LogP contribution in [-0.2, 0) is 0 Å². The van der Waals surface area contributed by atoms with Crippen LogP contribution in [0.25, 0.3) is 0 Å². The molecule has 1 aromatic carbocycles. The molecule has 0 amide bonds. The second kappa shape index (κ2) is 7.46. The first-order chi connectivity index (χ1) is 13.1. The molecule has 1 atom stereocenters. The molecule has 1 fully saturated rings. The Morgan fingerprint density at radius 1 is 1.26 bits per heavy atom. The summed E-state index contributed by atoms with van der Waals surface area (Å²) < 4.78 is 0. The van der Waals surface area contributed by atoms with E-state index >= 15 is 0 Å². The first kappa shape index (κ1) is 17.6. The van der Waals surface area contributed by atoms with Gasteiger partial charge in [0, 0.05) is 36.8 Å². The summed E-state index contributed by atoms with van der Waals surface area (Å²) in [7, 11) is 0. The topological polar surface area (TPSA) is 84.1 Å². The summed E-state index contributed by atoms with van der Waals surface area (Å²) in [5.41, 5.74) is 7.99. The third-order valence-electron chi connectivity index (χ3n) is 4.73. The molecule has 0 saturated carbocycles. The number of nitrogens with one attached hydrogen (secondary N) is 1. The minimum absolute atomic E-state index is 0.171. The average molecular weight is 379 g/mol. The SMILES string of the molecule is Cc1sc(N2CCNC(c3ccccc3)C2)nc1C(=O)c1cccnc1N. The number of aromatic nitrogens is 2. The number of thiazole rings is 1. The first-order valence-electron chi connectivity index (χ1n) is 8.89. The van der Waals surface area contributed by atoms with Crippen molar-refractivity contribution in [1.29, 1.82) is 0 Å². The van der Waals surface area contributed by atoms with Crippen LogP contribution in [0.2, 0.25) is 0 Å². The van der Waals surface area contributed by atoms with Crippen LogP contribution in [0.1, 0.15) is 32.5 Å². The summed E-state index contributed by atoms with van der Waals surface area (Å²) in [4.78, 5) is 24.7. The number of hydrogen-bond donors (Lipinski definition) is 2. The van der Waals surface area contributed by atoms with Crippen LogP contribution in [0.3, 0.4) is 0 Å². The molecular weight excluding hydrogens is 358 g/mol. The molecule has 27 heavy (non-hydrogen) atoms. The van der Waals surface area contributed by atoms with Gasteiger partial charge in [-0.2, -0.15) is 0 Å². The highest BCUT2D eigenvalue weighted by molar-refractivity contribution is 7.15. The number of benzene rings is 1. The van der Waals surface area contributed by atoms with Gasteiger partial charge in [0.05, 0.1) is 5.56 Å². The molecule has 1 unspecified atom stereocenters. The van der Waals surface area contributed by atoms with Crippen molar-refractivity contribution in [3.05, 3.63) is 70.4 Å². The van der Waals surface area contributed by atoms with Crippen LogP contribution in [0.5, 0.6) is 0 Å². The maximum absolute atomic E-state index is 12.9. The van der Waals surface area contributed by atoms with Gasteiger partial charge in [-0.25, -0.2) is 9.97 Å². The fraction of sp³-hybridized carbons (Fsp3) is 0.250. The highest BCUT2D eigenvalue weighted by Crippen LogP contribution is 2.30. The number of aryl methyl sites for hydroxylation is 1. The summed E-state index contributed by atoms with van der Waals surface area (Å²) in [5.74, 6) is 0.0677. The number of pyridine rings is 1. The van der Waals surface area contributed by atoms with Gasteiger partial charge in [-0.05, 0) is 24.6 Å². The lowest BCUT2D eigenvalue weighted by Gasteiger charge is -2.33. The molecule has 4 rings (SSSR count). The van der Waals surface area contributed by atoms with Crippen molar-refractivity contribution in [2.24, 2.45) is 0 Å². The Morgan fingerprint density at radius 2 is 2.07 bits per heavy atom. The smallest absolute Gasteiger partial charge is 0.216 e. The van der Waals surface area contributed by atoms with Crippen LogP contribution in [0, 0.1) is 6.92 Å². The van der Waals surface area contributed by atoms with Gasteiger partial charge in [0.25, 0.3) is 0 Å². The molecule has 0 spiro atoms. The van der Waals surface area contributed by atoms with E-state index in [1.54, 1.807) is 29.7 Å². The van der Waals surface area contributed by atoms with Gasteiger partial charge in [-0.3, -0.25) is 4.79 Å². The maximum Gasteiger partial charge on any atom is 0.216 e. The Labute approximate surface area is 162 Å². The quantitative estimate of drug-likeness (QED) is 0.678. The van der Waals surface area contributed by atoms with Crippen molar-refractivity contribution < 1.29 is 4.79 Å². The molecule has 0 bridgehead atoms. The molecule has 0 aliphatic carbocycles. The van der Waals surface area contributed by atoms with E-state index in [-0.39, 0.29) is 17.6 Å². The van der Waals surface area contributed by atoms with E-state index in [0.29, 0.717) is 11.3 Å². The summed E-state index contributed by atoms with van der Waals surface area (Å²) in [6.07, 6.45) is 1.58. The average Bonchev–Trinajstić information content (AvgIpc) is 3.10. The molecule has 138 valence electrons. The number of hydrogen-bond acceptors (Lipinski definition) is 7. The molecule has 1 saturated heterocycles. The van der Waals surface area contributed by atoms with E-state index < -0.39 is 0 Å². The van der Waals surface area contributed by atoms with Crippen molar-refractivity contribution in [2.45, 2.75) is 13.0 Å². The maximum atomic E-state index is 12.9. The number of rotatable bonds is 4. The van der Waals surface area contributed by atoms with Crippen LogP contribution < -0.4 is 16.0 Å². The number of carbonyl (C=O) groups is 1. The van der Waals surface area contributed by atoms with Gasteiger partial charge in [0.2, 0.25) is 5.78 Å². The molecule has 6 nitrogen and oxygen atoms in total. The lowest BCUT2D eigenvalue weighted by Crippen LogP contribution is -2.45. The Morgan fingerprint density at radius 3 is 2.85 bits per heavy atom. The van der Waals surface area contributed by atoms with Gasteiger partial charge < -0.3 is 16.0 Å². The van der Waals surface area contributed by atoms with Crippen LogP contribution in [-0.4, -0.2) is 35.4 Å². The highest BCUT2D eigenvalue weighted by atomic mass is 32.1. The zero-order chi connectivity index (χ0) is 18.8. The number of nitrogens with two attached hydrogens (primary N) is 1. The van der Waals surface area contributed by atoms with Gasteiger partial charge in [-0.1, -0.05) is 30.3 Å².